The molecule has 1 aromatic carbocycles. The Hall–Kier alpha value is -2.95. The number of aliphatic imine (C=N–C) groups is 1. The molecule has 0 spiro atoms. The molecule has 5 heteroatoms. The summed E-state index contributed by atoms with van der Waals surface area (Å²) in [5.74, 6) is 0.981. The summed E-state index contributed by atoms with van der Waals surface area (Å²) in [6, 6.07) is 9.44. The summed E-state index contributed by atoms with van der Waals surface area (Å²) in [4.78, 5) is 20.5. The largest absolute Gasteiger partial charge is 0.496 e. The van der Waals surface area contributed by atoms with E-state index in [9.17, 15) is 4.79 Å². The second-order valence-corrected chi connectivity index (χ2v) is 4.93. The van der Waals surface area contributed by atoms with Gasteiger partial charge in [0.1, 0.15) is 17.3 Å². The molecule has 22 heavy (non-hydrogen) atoms. The number of methoxy groups -OCH3 is 1. The van der Waals surface area contributed by atoms with Crippen molar-refractivity contribution in [3.8, 4) is 5.75 Å². The Labute approximate surface area is 128 Å². The highest BCUT2D eigenvalue weighted by Crippen LogP contribution is 2.24. The zero-order chi connectivity index (χ0) is 15.5. The van der Waals surface area contributed by atoms with Crippen molar-refractivity contribution in [3.05, 3.63) is 65.1 Å². The molecule has 0 aliphatic carbocycles. The highest BCUT2D eigenvalue weighted by molar-refractivity contribution is 6.19. The van der Waals surface area contributed by atoms with Crippen LogP contribution in [0.15, 0.2) is 53.4 Å². The lowest BCUT2D eigenvalue weighted by Gasteiger charge is -2.05. The molecule has 0 saturated carbocycles. The second-order valence-electron chi connectivity index (χ2n) is 4.93. The lowest BCUT2D eigenvalue weighted by atomic mass is 10.1. The van der Waals surface area contributed by atoms with Gasteiger partial charge in [-0.1, -0.05) is 11.6 Å². The number of amidine groups is 1. The Kier molecular flexibility index (Phi) is 3.70. The van der Waals surface area contributed by atoms with Crippen LogP contribution < -0.4 is 10.1 Å². The predicted octanol–water partition coefficient (Wildman–Crippen LogP) is 2.32. The van der Waals surface area contributed by atoms with Crippen LogP contribution >= 0.6 is 0 Å². The number of pyridine rings is 1. The van der Waals surface area contributed by atoms with Crippen molar-refractivity contribution in [2.45, 2.75) is 6.92 Å². The fourth-order valence-corrected chi connectivity index (χ4v) is 2.22. The molecule has 1 amide bonds. The average Bonchev–Trinajstić information content (AvgIpc) is 2.90. The fraction of sp³-hybridized carbons (Fsp3) is 0.118. The van der Waals surface area contributed by atoms with E-state index in [4.69, 9.17) is 4.74 Å². The molecule has 1 aliphatic heterocycles. The number of ether oxygens (including phenoxy) is 1. The van der Waals surface area contributed by atoms with Gasteiger partial charge in [-0.25, -0.2) is 4.99 Å². The van der Waals surface area contributed by atoms with Crippen LogP contribution in [0.25, 0.3) is 6.08 Å². The van der Waals surface area contributed by atoms with Gasteiger partial charge in [0.05, 0.1) is 7.11 Å². The maximum absolute atomic E-state index is 12.1. The second kappa shape index (κ2) is 5.81. The van der Waals surface area contributed by atoms with Gasteiger partial charge >= 0.3 is 0 Å². The molecule has 0 saturated heterocycles. The number of nitrogens with one attached hydrogen (secondary N) is 1. The predicted molar refractivity (Wildman–Crippen MR) is 84.6 cm³/mol. The van der Waals surface area contributed by atoms with Gasteiger partial charge in [0.2, 0.25) is 0 Å². The molecular weight excluding hydrogens is 278 g/mol. The first kappa shape index (κ1) is 14.0. The first-order valence-electron chi connectivity index (χ1n) is 6.84. The van der Waals surface area contributed by atoms with Crippen molar-refractivity contribution < 1.29 is 9.53 Å². The topological polar surface area (TPSA) is 63.6 Å². The Balaban J connectivity index is 2.00. The van der Waals surface area contributed by atoms with Crippen molar-refractivity contribution in [2.24, 2.45) is 4.99 Å². The van der Waals surface area contributed by atoms with Crippen molar-refractivity contribution in [2.75, 3.05) is 7.11 Å². The van der Waals surface area contributed by atoms with E-state index in [1.807, 2.05) is 31.2 Å². The zero-order valence-corrected chi connectivity index (χ0v) is 12.3. The number of hydrogen-bond donors (Lipinski definition) is 1. The molecule has 0 atom stereocenters. The van der Waals surface area contributed by atoms with E-state index in [1.54, 1.807) is 31.6 Å². The van der Waals surface area contributed by atoms with Gasteiger partial charge in [-0.2, -0.15) is 0 Å². The van der Waals surface area contributed by atoms with E-state index < -0.39 is 0 Å². The van der Waals surface area contributed by atoms with Crippen LogP contribution in [0.1, 0.15) is 16.7 Å². The molecule has 1 aliphatic rings. The van der Waals surface area contributed by atoms with Crippen LogP contribution in [0.3, 0.4) is 0 Å². The molecule has 2 aromatic rings. The van der Waals surface area contributed by atoms with E-state index in [0.717, 1.165) is 16.7 Å². The van der Waals surface area contributed by atoms with E-state index >= 15 is 0 Å². The Bertz CT molecular complexity index is 780. The number of carbonyl (C=O) groups is 1. The first-order chi connectivity index (χ1) is 10.7. The first-order valence-corrected chi connectivity index (χ1v) is 6.84. The van der Waals surface area contributed by atoms with Crippen molar-refractivity contribution in [1.29, 1.82) is 0 Å². The third-order valence-corrected chi connectivity index (χ3v) is 3.31. The summed E-state index contributed by atoms with van der Waals surface area (Å²) < 4.78 is 5.32. The van der Waals surface area contributed by atoms with E-state index in [-0.39, 0.29) is 5.91 Å². The monoisotopic (exact) mass is 293 g/mol. The lowest BCUT2D eigenvalue weighted by Crippen LogP contribution is -2.24. The Morgan fingerprint density at radius 1 is 1.27 bits per heavy atom. The average molecular weight is 293 g/mol. The van der Waals surface area contributed by atoms with Crippen LogP contribution in [0.4, 0.5) is 0 Å². The fourth-order valence-electron chi connectivity index (χ4n) is 2.22. The number of benzene rings is 1. The molecule has 0 bridgehead atoms. The molecule has 1 N–H and O–H groups in total. The molecular formula is C17H15N3O2. The third-order valence-electron chi connectivity index (χ3n) is 3.31. The van der Waals surface area contributed by atoms with Crippen LogP contribution in [0.5, 0.6) is 5.75 Å². The molecule has 0 unspecified atom stereocenters. The summed E-state index contributed by atoms with van der Waals surface area (Å²) >= 11 is 0. The molecule has 110 valence electrons. The number of aryl methyl sites for hydroxylation is 1. The maximum Gasteiger partial charge on any atom is 0.275 e. The Morgan fingerprint density at radius 3 is 2.86 bits per heavy atom. The molecule has 3 rings (SSSR count). The molecule has 1 aromatic heterocycles. The minimum atomic E-state index is -0.234. The third kappa shape index (κ3) is 2.74. The summed E-state index contributed by atoms with van der Waals surface area (Å²) in [6.07, 6.45) is 5.06. The number of rotatable bonds is 3. The number of amides is 1. The number of nitrogens with zero attached hydrogens (tertiary/aromatic N) is 2. The normalized spacial score (nSPS) is 15.6. The van der Waals surface area contributed by atoms with Crippen LogP contribution in [-0.2, 0) is 4.79 Å². The number of carbonyl (C=O) groups excluding carboxylic acids is 1. The number of aromatic nitrogens is 1. The molecule has 0 fully saturated rings. The minimum absolute atomic E-state index is 0.234. The summed E-state index contributed by atoms with van der Waals surface area (Å²) in [6.45, 7) is 1.99. The van der Waals surface area contributed by atoms with Gasteiger partial charge in [-0.3, -0.25) is 9.78 Å². The maximum atomic E-state index is 12.1. The number of hydrogen-bond acceptors (Lipinski definition) is 4. The summed E-state index contributed by atoms with van der Waals surface area (Å²) in [7, 11) is 1.60. The van der Waals surface area contributed by atoms with Gasteiger partial charge in [0, 0.05) is 23.5 Å². The smallest absolute Gasteiger partial charge is 0.275 e. The van der Waals surface area contributed by atoms with Crippen LogP contribution in [-0.4, -0.2) is 23.8 Å². The Morgan fingerprint density at radius 2 is 2.14 bits per heavy atom. The standard InChI is InChI=1S/C17H15N3O2/c1-11-5-6-15(22-2)13(8-11)9-14-17(21)20-16(19-14)12-4-3-7-18-10-12/h3-10H,1-2H3,(H,19,20,21)/b14-9+. The lowest BCUT2D eigenvalue weighted by molar-refractivity contribution is -0.115. The van der Waals surface area contributed by atoms with Crippen LogP contribution in [0.2, 0.25) is 0 Å². The van der Waals surface area contributed by atoms with E-state index in [2.05, 4.69) is 15.3 Å². The van der Waals surface area contributed by atoms with Gasteiger partial charge < -0.3 is 10.1 Å². The summed E-state index contributed by atoms with van der Waals surface area (Å²) in [5.41, 5.74) is 3.03. The van der Waals surface area contributed by atoms with Gasteiger partial charge in [-0.15, -0.1) is 0 Å². The SMILES string of the molecule is COc1ccc(C)cc1/C=C1/N=C(c2cccnc2)NC1=O. The highest BCUT2D eigenvalue weighted by atomic mass is 16.5. The molecule has 5 nitrogen and oxygen atoms in total. The van der Waals surface area contributed by atoms with Gasteiger partial charge in [0.25, 0.3) is 5.91 Å². The molecule has 0 radical (unpaired) electrons. The highest BCUT2D eigenvalue weighted by Gasteiger charge is 2.21. The van der Waals surface area contributed by atoms with Gasteiger partial charge in [-0.05, 0) is 37.3 Å². The van der Waals surface area contributed by atoms with Crippen molar-refractivity contribution >= 4 is 17.8 Å². The van der Waals surface area contributed by atoms with E-state index in [0.29, 0.717) is 17.3 Å². The van der Waals surface area contributed by atoms with Crippen LogP contribution in [0, 0.1) is 6.92 Å². The van der Waals surface area contributed by atoms with Gasteiger partial charge in [0.15, 0.2) is 0 Å². The quantitative estimate of drug-likeness (QED) is 0.883. The van der Waals surface area contributed by atoms with Crippen molar-refractivity contribution in [3.63, 3.8) is 0 Å². The molecule has 2 heterocycles. The van der Waals surface area contributed by atoms with Crippen molar-refractivity contribution in [1.82, 2.24) is 10.3 Å². The van der Waals surface area contributed by atoms with E-state index in [1.165, 1.54) is 0 Å². The minimum Gasteiger partial charge on any atom is -0.496 e. The summed E-state index contributed by atoms with van der Waals surface area (Å²) in [5, 5.41) is 2.75. The zero-order valence-electron chi connectivity index (χ0n) is 12.3.